The molecule has 9 heteroatoms. The smallest absolute Gasteiger partial charge is 0.275 e. The molecule has 4 heterocycles. The Hall–Kier alpha value is -2.30. The van der Waals surface area contributed by atoms with Crippen LogP contribution < -0.4 is 10.2 Å². The number of thiazole rings is 1. The second-order valence-corrected chi connectivity index (χ2v) is 10.5. The first-order chi connectivity index (χ1) is 16.0. The van der Waals surface area contributed by atoms with Gasteiger partial charge in [0, 0.05) is 38.1 Å². The van der Waals surface area contributed by atoms with Crippen molar-refractivity contribution in [2.24, 2.45) is 0 Å². The Morgan fingerprint density at radius 2 is 1.97 bits per heavy atom. The van der Waals surface area contributed by atoms with Crippen molar-refractivity contribution in [3.8, 4) is 9.88 Å². The number of piperazine rings is 1. The Balaban J connectivity index is 1.20. The lowest BCUT2D eigenvalue weighted by Gasteiger charge is -2.37. The Morgan fingerprint density at radius 1 is 1.15 bits per heavy atom. The fraction of sp³-hybridized carbons (Fsp3) is 0.417. The summed E-state index contributed by atoms with van der Waals surface area (Å²) in [6, 6.07) is 12.0. The second-order valence-electron chi connectivity index (χ2n) is 8.72. The standard InChI is InChI=1S/C24H28N4O3S2/c1-24(2)30-15-17(31-24)14-27-9-11-28(12-10-27)20-7-4-3-6-18(20)25-22(29)19-16-33-23(26-19)21-8-5-13-32-21/h3-8,13,16-17H,9-12,14-15H2,1-2H3,(H,25,29). The zero-order chi connectivity index (χ0) is 22.8. The fourth-order valence-corrected chi connectivity index (χ4v) is 5.86. The molecule has 0 bridgehead atoms. The van der Waals surface area contributed by atoms with Gasteiger partial charge in [0.2, 0.25) is 0 Å². The molecule has 0 saturated carbocycles. The summed E-state index contributed by atoms with van der Waals surface area (Å²) in [7, 11) is 0. The minimum atomic E-state index is -0.481. The van der Waals surface area contributed by atoms with Gasteiger partial charge in [-0.2, -0.15) is 0 Å². The summed E-state index contributed by atoms with van der Waals surface area (Å²) >= 11 is 3.12. The first-order valence-corrected chi connectivity index (χ1v) is 12.9. The zero-order valence-corrected chi connectivity index (χ0v) is 20.5. The number of thiophene rings is 1. The number of nitrogens with zero attached hydrogens (tertiary/aromatic N) is 3. The van der Waals surface area contributed by atoms with Gasteiger partial charge in [-0.15, -0.1) is 22.7 Å². The molecule has 174 valence electrons. The number of benzene rings is 1. The van der Waals surface area contributed by atoms with Crippen LogP contribution in [0.3, 0.4) is 0 Å². The minimum Gasteiger partial charge on any atom is -0.367 e. The number of anilines is 2. The van der Waals surface area contributed by atoms with Crippen LogP contribution in [0.4, 0.5) is 11.4 Å². The number of ether oxygens (including phenoxy) is 2. The third-order valence-electron chi connectivity index (χ3n) is 5.86. The molecule has 2 aromatic heterocycles. The fourth-order valence-electron chi connectivity index (χ4n) is 4.25. The van der Waals surface area contributed by atoms with Gasteiger partial charge >= 0.3 is 0 Å². The first-order valence-electron chi connectivity index (χ1n) is 11.2. The predicted octanol–water partition coefficient (Wildman–Crippen LogP) is 4.40. The third-order valence-corrected chi connectivity index (χ3v) is 7.74. The SMILES string of the molecule is CC1(C)OCC(CN2CCN(c3ccccc3NC(=O)c3csc(-c4cccs4)n3)CC2)O1. The van der Waals surface area contributed by atoms with E-state index in [9.17, 15) is 4.79 Å². The number of nitrogens with one attached hydrogen (secondary N) is 1. The predicted molar refractivity (Wildman–Crippen MR) is 133 cm³/mol. The molecule has 0 radical (unpaired) electrons. The molecule has 3 aromatic rings. The van der Waals surface area contributed by atoms with Gasteiger partial charge in [-0.05, 0) is 37.4 Å². The van der Waals surface area contributed by atoms with Gasteiger partial charge in [0.15, 0.2) is 5.79 Å². The molecule has 7 nitrogen and oxygen atoms in total. The number of carbonyl (C=O) groups is 1. The molecule has 1 unspecified atom stereocenters. The first kappa shape index (κ1) is 22.5. The van der Waals surface area contributed by atoms with Crippen LogP contribution in [0, 0.1) is 0 Å². The van der Waals surface area contributed by atoms with E-state index < -0.39 is 5.79 Å². The zero-order valence-electron chi connectivity index (χ0n) is 18.8. The van der Waals surface area contributed by atoms with Crippen molar-refractivity contribution in [2.45, 2.75) is 25.7 Å². The summed E-state index contributed by atoms with van der Waals surface area (Å²) in [5.41, 5.74) is 2.31. The van der Waals surface area contributed by atoms with E-state index in [1.54, 1.807) is 11.3 Å². The number of rotatable bonds is 6. The molecule has 33 heavy (non-hydrogen) atoms. The maximum absolute atomic E-state index is 12.9. The molecule has 2 aliphatic rings. The summed E-state index contributed by atoms with van der Waals surface area (Å²) < 4.78 is 11.7. The lowest BCUT2D eigenvalue weighted by Crippen LogP contribution is -2.49. The Bertz CT molecular complexity index is 1090. The average molecular weight is 485 g/mol. The highest BCUT2D eigenvalue weighted by Gasteiger charge is 2.34. The van der Waals surface area contributed by atoms with Crippen molar-refractivity contribution in [3.05, 3.63) is 52.9 Å². The molecule has 1 amide bonds. The van der Waals surface area contributed by atoms with E-state index in [4.69, 9.17) is 9.47 Å². The van der Waals surface area contributed by atoms with E-state index in [1.807, 2.05) is 54.9 Å². The lowest BCUT2D eigenvalue weighted by molar-refractivity contribution is -0.140. The van der Waals surface area contributed by atoms with Crippen LogP contribution in [0.2, 0.25) is 0 Å². The Kier molecular flexibility index (Phi) is 6.49. The van der Waals surface area contributed by atoms with Gasteiger partial charge in [-0.25, -0.2) is 4.98 Å². The van der Waals surface area contributed by atoms with Crippen molar-refractivity contribution in [1.82, 2.24) is 9.88 Å². The number of para-hydroxylation sites is 2. The highest BCUT2D eigenvalue weighted by Crippen LogP contribution is 2.30. The van der Waals surface area contributed by atoms with Crippen molar-refractivity contribution < 1.29 is 14.3 Å². The Labute approximate surface area is 202 Å². The molecule has 1 atom stereocenters. The molecule has 1 N–H and O–H groups in total. The largest absolute Gasteiger partial charge is 0.367 e. The van der Waals surface area contributed by atoms with E-state index in [2.05, 4.69) is 26.2 Å². The van der Waals surface area contributed by atoms with Crippen molar-refractivity contribution in [3.63, 3.8) is 0 Å². The van der Waals surface area contributed by atoms with Gasteiger partial charge in [-0.3, -0.25) is 9.69 Å². The molecule has 5 rings (SSSR count). The summed E-state index contributed by atoms with van der Waals surface area (Å²) in [5, 5.41) is 7.79. The van der Waals surface area contributed by atoms with Gasteiger partial charge in [0.1, 0.15) is 10.7 Å². The number of amides is 1. The third kappa shape index (κ3) is 5.28. The lowest BCUT2D eigenvalue weighted by atomic mass is 10.2. The molecule has 1 aromatic carbocycles. The summed E-state index contributed by atoms with van der Waals surface area (Å²) in [6.45, 7) is 9.12. The summed E-state index contributed by atoms with van der Waals surface area (Å²) in [6.07, 6.45) is 0.121. The number of hydrogen-bond acceptors (Lipinski definition) is 8. The minimum absolute atomic E-state index is 0.121. The van der Waals surface area contributed by atoms with E-state index >= 15 is 0 Å². The van der Waals surface area contributed by atoms with Crippen LogP contribution in [0.15, 0.2) is 47.2 Å². The molecule has 2 aliphatic heterocycles. The topological polar surface area (TPSA) is 66.9 Å². The second kappa shape index (κ2) is 9.52. The van der Waals surface area contributed by atoms with Crippen LogP contribution in [0.1, 0.15) is 24.3 Å². The molecular formula is C24H28N4O3S2. The quantitative estimate of drug-likeness (QED) is 0.560. The average Bonchev–Trinajstić information content (AvgIpc) is 3.56. The maximum atomic E-state index is 12.9. The highest BCUT2D eigenvalue weighted by molar-refractivity contribution is 7.20. The van der Waals surface area contributed by atoms with E-state index in [0.717, 1.165) is 54.0 Å². The normalized spacial score (nSPS) is 20.8. The Morgan fingerprint density at radius 3 is 2.70 bits per heavy atom. The van der Waals surface area contributed by atoms with Crippen molar-refractivity contribution in [1.29, 1.82) is 0 Å². The molecule has 2 fully saturated rings. The van der Waals surface area contributed by atoms with Crippen LogP contribution in [0.25, 0.3) is 9.88 Å². The number of carbonyl (C=O) groups excluding carboxylic acids is 1. The number of hydrogen-bond donors (Lipinski definition) is 1. The maximum Gasteiger partial charge on any atom is 0.275 e. The van der Waals surface area contributed by atoms with Gasteiger partial charge in [0.25, 0.3) is 5.91 Å². The van der Waals surface area contributed by atoms with E-state index in [-0.39, 0.29) is 12.0 Å². The van der Waals surface area contributed by atoms with Crippen LogP contribution in [0.5, 0.6) is 0 Å². The van der Waals surface area contributed by atoms with Crippen LogP contribution >= 0.6 is 22.7 Å². The molecular weight excluding hydrogens is 456 g/mol. The van der Waals surface area contributed by atoms with E-state index in [0.29, 0.717) is 12.3 Å². The van der Waals surface area contributed by atoms with Gasteiger partial charge in [0.05, 0.1) is 29.0 Å². The molecule has 2 saturated heterocycles. The summed E-state index contributed by atoms with van der Waals surface area (Å²) in [4.78, 5) is 23.3. The van der Waals surface area contributed by atoms with E-state index in [1.165, 1.54) is 11.3 Å². The van der Waals surface area contributed by atoms with Crippen molar-refractivity contribution in [2.75, 3.05) is 49.5 Å². The highest BCUT2D eigenvalue weighted by atomic mass is 32.1. The number of aromatic nitrogens is 1. The monoisotopic (exact) mass is 484 g/mol. The summed E-state index contributed by atoms with van der Waals surface area (Å²) in [5.74, 6) is -0.660. The van der Waals surface area contributed by atoms with Crippen molar-refractivity contribution >= 4 is 40.0 Å². The van der Waals surface area contributed by atoms with Crippen LogP contribution in [-0.4, -0.2) is 67.0 Å². The van der Waals surface area contributed by atoms with Gasteiger partial charge < -0.3 is 19.7 Å². The molecule has 0 spiro atoms. The van der Waals surface area contributed by atoms with Gasteiger partial charge in [-0.1, -0.05) is 18.2 Å². The van der Waals surface area contributed by atoms with Crippen LogP contribution in [-0.2, 0) is 9.47 Å². The molecule has 0 aliphatic carbocycles.